The molecule has 0 amide bonds. The van der Waals surface area contributed by atoms with Gasteiger partial charge >= 0.3 is 0 Å². The van der Waals surface area contributed by atoms with Gasteiger partial charge in [-0.15, -0.1) is 0 Å². The summed E-state index contributed by atoms with van der Waals surface area (Å²) >= 11 is 0. The minimum absolute atomic E-state index is 0.0944. The van der Waals surface area contributed by atoms with E-state index in [2.05, 4.69) is 6.92 Å². The predicted octanol–water partition coefficient (Wildman–Crippen LogP) is 1.64. The molecular weight excluding hydrogens is 228 g/mol. The number of aliphatic hydroxyl groups excluding tert-OH is 2. The second kappa shape index (κ2) is 4.56. The van der Waals surface area contributed by atoms with Crippen molar-refractivity contribution in [3.63, 3.8) is 0 Å². The zero-order valence-electron chi connectivity index (χ0n) is 11.4. The van der Waals surface area contributed by atoms with E-state index >= 15 is 0 Å². The largest absolute Gasteiger partial charge is 0.507 e. The summed E-state index contributed by atoms with van der Waals surface area (Å²) in [4.78, 5) is 0. The fourth-order valence-corrected chi connectivity index (χ4v) is 3.15. The maximum Gasteiger partial charge on any atom is 0.122 e. The average molecular weight is 250 g/mol. The molecule has 3 N–H and O–H groups in total. The zero-order valence-corrected chi connectivity index (χ0v) is 11.4. The Morgan fingerprint density at radius 3 is 2.22 bits per heavy atom. The van der Waals surface area contributed by atoms with E-state index in [0.717, 1.165) is 35.1 Å². The van der Waals surface area contributed by atoms with E-state index in [1.165, 1.54) is 5.56 Å². The Hall–Kier alpha value is -1.06. The minimum Gasteiger partial charge on any atom is -0.507 e. The summed E-state index contributed by atoms with van der Waals surface area (Å²) < 4.78 is 0. The summed E-state index contributed by atoms with van der Waals surface area (Å²) in [5.74, 6) is 0.358. The van der Waals surface area contributed by atoms with Gasteiger partial charge in [-0.2, -0.15) is 0 Å². The second-order valence-electron chi connectivity index (χ2n) is 5.83. The zero-order chi connectivity index (χ0) is 13.5. The van der Waals surface area contributed by atoms with E-state index < -0.39 is 0 Å². The molecule has 1 atom stereocenters. The molecule has 0 bridgehead atoms. The van der Waals surface area contributed by atoms with Crippen LogP contribution in [0.3, 0.4) is 0 Å². The normalized spacial score (nSPS) is 22.3. The van der Waals surface area contributed by atoms with Gasteiger partial charge in [-0.3, -0.25) is 0 Å². The highest BCUT2D eigenvalue weighted by Gasteiger charge is 2.36. The van der Waals surface area contributed by atoms with Crippen molar-refractivity contribution < 1.29 is 15.3 Å². The Morgan fingerprint density at radius 1 is 1.06 bits per heavy atom. The smallest absolute Gasteiger partial charge is 0.122 e. The van der Waals surface area contributed by atoms with Crippen LogP contribution in [-0.2, 0) is 19.3 Å². The summed E-state index contributed by atoms with van der Waals surface area (Å²) in [6.45, 7) is 6.24. The van der Waals surface area contributed by atoms with E-state index in [1.54, 1.807) is 0 Å². The molecule has 18 heavy (non-hydrogen) atoms. The van der Waals surface area contributed by atoms with Crippen LogP contribution in [0.1, 0.15) is 34.7 Å². The molecular formula is C15H22O3. The van der Waals surface area contributed by atoms with Gasteiger partial charge in [-0.1, -0.05) is 6.92 Å². The Bertz CT molecular complexity index is 479. The number of aromatic hydroxyl groups is 1. The van der Waals surface area contributed by atoms with Gasteiger partial charge in [0.05, 0.1) is 0 Å². The topological polar surface area (TPSA) is 60.7 Å². The van der Waals surface area contributed by atoms with E-state index in [0.29, 0.717) is 12.2 Å². The molecule has 3 heteroatoms. The Labute approximate surface area is 108 Å². The summed E-state index contributed by atoms with van der Waals surface area (Å²) in [5, 5.41) is 28.9. The molecule has 1 aliphatic carbocycles. The molecule has 0 radical (unpaired) electrons. The Morgan fingerprint density at radius 2 is 1.67 bits per heavy atom. The van der Waals surface area contributed by atoms with E-state index in [9.17, 15) is 10.2 Å². The fourth-order valence-electron chi connectivity index (χ4n) is 3.15. The van der Waals surface area contributed by atoms with Crippen LogP contribution in [-0.4, -0.2) is 28.5 Å². The van der Waals surface area contributed by atoms with Gasteiger partial charge in [-0.25, -0.2) is 0 Å². The SMILES string of the molecule is Cc1c(O)c2c(c(C)c1CCO)CC(C)(CO)C2. The number of hydrogen-bond acceptors (Lipinski definition) is 3. The van der Waals surface area contributed by atoms with Gasteiger partial charge in [-0.05, 0) is 66.3 Å². The lowest BCUT2D eigenvalue weighted by molar-refractivity contribution is 0.151. The van der Waals surface area contributed by atoms with Crippen molar-refractivity contribution in [1.29, 1.82) is 0 Å². The highest BCUT2D eigenvalue weighted by Crippen LogP contribution is 2.44. The molecule has 1 aromatic carbocycles. The number of benzene rings is 1. The van der Waals surface area contributed by atoms with Gasteiger partial charge in [0.15, 0.2) is 0 Å². The molecule has 0 fully saturated rings. The maximum absolute atomic E-state index is 10.3. The molecule has 1 aromatic rings. The van der Waals surface area contributed by atoms with Crippen LogP contribution < -0.4 is 0 Å². The first kappa shape index (κ1) is 13.4. The lowest BCUT2D eigenvalue weighted by Crippen LogP contribution is -2.21. The third kappa shape index (κ3) is 1.91. The molecule has 100 valence electrons. The second-order valence-corrected chi connectivity index (χ2v) is 5.83. The molecule has 0 aromatic heterocycles. The van der Waals surface area contributed by atoms with Crippen LogP contribution in [0.4, 0.5) is 0 Å². The van der Waals surface area contributed by atoms with Crippen LogP contribution in [0, 0.1) is 19.3 Å². The molecule has 0 saturated carbocycles. The molecule has 0 saturated heterocycles. The summed E-state index contributed by atoms with van der Waals surface area (Å²) in [6, 6.07) is 0. The van der Waals surface area contributed by atoms with Crippen LogP contribution in [0.25, 0.3) is 0 Å². The predicted molar refractivity (Wildman–Crippen MR) is 71.0 cm³/mol. The molecule has 1 unspecified atom stereocenters. The number of fused-ring (bicyclic) bond motifs is 1. The monoisotopic (exact) mass is 250 g/mol. The van der Waals surface area contributed by atoms with Crippen molar-refractivity contribution in [3.8, 4) is 5.75 Å². The van der Waals surface area contributed by atoms with Crippen LogP contribution in [0.15, 0.2) is 0 Å². The third-order valence-electron chi connectivity index (χ3n) is 4.31. The number of phenolic OH excluding ortho intramolecular Hbond substituents is 1. The first-order valence-corrected chi connectivity index (χ1v) is 6.48. The quantitative estimate of drug-likeness (QED) is 0.764. The molecule has 1 aliphatic rings. The third-order valence-corrected chi connectivity index (χ3v) is 4.31. The fraction of sp³-hybridized carbons (Fsp3) is 0.600. The summed E-state index contributed by atoms with van der Waals surface area (Å²) in [5.41, 5.74) is 5.10. The van der Waals surface area contributed by atoms with Crippen LogP contribution in [0.2, 0.25) is 0 Å². The number of rotatable bonds is 3. The molecule has 2 rings (SSSR count). The first-order chi connectivity index (χ1) is 8.43. The first-order valence-electron chi connectivity index (χ1n) is 6.48. The van der Waals surface area contributed by atoms with Crippen molar-refractivity contribution in [3.05, 3.63) is 27.8 Å². The van der Waals surface area contributed by atoms with Crippen molar-refractivity contribution in [1.82, 2.24) is 0 Å². The minimum atomic E-state index is -0.158. The summed E-state index contributed by atoms with van der Waals surface area (Å²) in [6.07, 6.45) is 2.11. The van der Waals surface area contributed by atoms with Crippen LogP contribution in [0.5, 0.6) is 5.75 Å². The average Bonchev–Trinajstić information content (AvgIpc) is 2.71. The van der Waals surface area contributed by atoms with Crippen molar-refractivity contribution >= 4 is 0 Å². The molecule has 0 spiro atoms. The lowest BCUT2D eigenvalue weighted by Gasteiger charge is -2.19. The number of hydrogen-bond donors (Lipinski definition) is 3. The number of aliphatic hydroxyl groups is 2. The van der Waals surface area contributed by atoms with Gasteiger partial charge < -0.3 is 15.3 Å². The van der Waals surface area contributed by atoms with E-state index in [4.69, 9.17) is 5.11 Å². The van der Waals surface area contributed by atoms with E-state index in [1.807, 2.05) is 13.8 Å². The lowest BCUT2D eigenvalue weighted by atomic mass is 9.88. The van der Waals surface area contributed by atoms with Crippen molar-refractivity contribution in [2.75, 3.05) is 13.2 Å². The molecule has 0 aliphatic heterocycles. The van der Waals surface area contributed by atoms with Crippen LogP contribution >= 0.6 is 0 Å². The highest BCUT2D eigenvalue weighted by atomic mass is 16.3. The van der Waals surface area contributed by atoms with Crippen molar-refractivity contribution in [2.45, 2.75) is 40.0 Å². The van der Waals surface area contributed by atoms with Gasteiger partial charge in [0, 0.05) is 13.2 Å². The maximum atomic E-state index is 10.3. The molecule has 3 nitrogen and oxygen atoms in total. The van der Waals surface area contributed by atoms with Gasteiger partial charge in [0.2, 0.25) is 0 Å². The standard InChI is InChI=1S/C15H22O3/c1-9-11(4-5-16)10(2)14(18)13-7-15(3,8-17)6-12(9)13/h16-18H,4-8H2,1-3H3. The number of phenols is 1. The Balaban J connectivity index is 2.57. The highest BCUT2D eigenvalue weighted by molar-refractivity contribution is 5.57. The summed E-state index contributed by atoms with van der Waals surface area (Å²) in [7, 11) is 0. The van der Waals surface area contributed by atoms with Gasteiger partial charge in [0.25, 0.3) is 0 Å². The van der Waals surface area contributed by atoms with E-state index in [-0.39, 0.29) is 18.6 Å². The molecule has 0 heterocycles. The Kier molecular flexibility index (Phi) is 3.39. The van der Waals surface area contributed by atoms with Crippen molar-refractivity contribution in [2.24, 2.45) is 5.41 Å². The van der Waals surface area contributed by atoms with Gasteiger partial charge in [0.1, 0.15) is 5.75 Å².